The van der Waals surface area contributed by atoms with Gasteiger partial charge in [0.15, 0.2) is 17.3 Å². The number of carbonyl (C=O) groups excluding carboxylic acids is 2. The fourth-order valence-corrected chi connectivity index (χ4v) is 3.18. The summed E-state index contributed by atoms with van der Waals surface area (Å²) in [6.45, 7) is 10.2. The number of rotatable bonds is 13. The highest BCUT2D eigenvalue weighted by Gasteiger charge is 2.25. The first-order chi connectivity index (χ1) is 16.3. The van der Waals surface area contributed by atoms with Crippen LogP contribution in [0.25, 0.3) is 0 Å². The van der Waals surface area contributed by atoms with E-state index < -0.39 is 17.7 Å². The van der Waals surface area contributed by atoms with E-state index in [9.17, 15) is 9.59 Å². The van der Waals surface area contributed by atoms with Crippen molar-refractivity contribution in [3.63, 3.8) is 0 Å². The Kier molecular flexibility index (Phi) is 10.6. The van der Waals surface area contributed by atoms with E-state index in [1.54, 1.807) is 31.2 Å². The van der Waals surface area contributed by atoms with Gasteiger partial charge in [-0.3, -0.25) is 9.59 Å². The molecule has 2 aromatic rings. The fraction of sp³-hybridized carbons (Fsp3) is 0.417. The predicted octanol–water partition coefficient (Wildman–Crippen LogP) is 5.61. The van der Waals surface area contributed by atoms with Gasteiger partial charge in [0.05, 0.1) is 37.8 Å². The Balaban J connectivity index is 2.34. The van der Waals surface area contributed by atoms with Crippen LogP contribution >= 0.6 is 11.6 Å². The van der Waals surface area contributed by atoms with Gasteiger partial charge in [0.2, 0.25) is 6.04 Å². The number of nitrogens with zero attached hydrogens (tertiary/aromatic N) is 2. The zero-order valence-electron chi connectivity index (χ0n) is 20.0. The lowest BCUT2D eigenvalue weighted by atomic mass is 10.2. The number of ketones is 1. The number of azo groups is 1. The molecule has 2 rings (SSSR count). The number of hydrogen-bond acceptors (Lipinski definition) is 8. The van der Waals surface area contributed by atoms with Gasteiger partial charge in [0.1, 0.15) is 11.5 Å². The summed E-state index contributed by atoms with van der Waals surface area (Å²) in [6.07, 6.45) is 0. The zero-order chi connectivity index (χ0) is 25.1. The molecule has 34 heavy (non-hydrogen) atoms. The number of halogens is 1. The third kappa shape index (κ3) is 7.62. The monoisotopic (exact) mass is 491 g/mol. The first kappa shape index (κ1) is 26.9. The van der Waals surface area contributed by atoms with Crippen LogP contribution in [0.15, 0.2) is 40.6 Å². The maximum absolute atomic E-state index is 13.0. The second-order valence-corrected chi connectivity index (χ2v) is 7.33. The molecule has 0 aliphatic carbocycles. The van der Waals surface area contributed by atoms with Crippen molar-refractivity contribution in [3.8, 4) is 23.0 Å². The highest BCUT2D eigenvalue weighted by molar-refractivity contribution is 6.31. The minimum atomic E-state index is -1.39. The standard InChI is InChI=1S/C24H30ClN3O6/c1-6-31-18-12-17(13-19(14-18)32-7-2)27-28-22(15(5)29)24(30)26-20-10-16(25)11-21(33-8-3)23(20)34-9-4/h10-14,22H,6-9H2,1-5H3,(H,26,30). The lowest BCUT2D eigenvalue weighted by Gasteiger charge is -2.17. The van der Waals surface area contributed by atoms with Crippen molar-refractivity contribution in [2.45, 2.75) is 40.7 Å². The number of Topliss-reactive ketones (excluding diaryl/α,β-unsaturated/α-hetero) is 1. The van der Waals surface area contributed by atoms with Crippen LogP contribution in [-0.2, 0) is 9.59 Å². The molecule has 0 heterocycles. The van der Waals surface area contributed by atoms with Gasteiger partial charge < -0.3 is 24.3 Å². The molecule has 1 amide bonds. The molecule has 10 heteroatoms. The van der Waals surface area contributed by atoms with E-state index in [-0.39, 0.29) is 5.69 Å². The summed E-state index contributed by atoms with van der Waals surface area (Å²) in [6, 6.07) is 6.73. The van der Waals surface area contributed by atoms with E-state index in [1.807, 2.05) is 20.8 Å². The highest BCUT2D eigenvalue weighted by atomic mass is 35.5. The van der Waals surface area contributed by atoms with Crippen LogP contribution in [0.2, 0.25) is 5.02 Å². The molecule has 1 N–H and O–H groups in total. The minimum absolute atomic E-state index is 0.265. The molecule has 0 saturated carbocycles. The summed E-state index contributed by atoms with van der Waals surface area (Å²) >= 11 is 6.19. The maximum Gasteiger partial charge on any atom is 0.258 e. The van der Waals surface area contributed by atoms with E-state index in [2.05, 4.69) is 15.5 Å². The SMILES string of the molecule is CCOc1cc(N=NC(C(C)=O)C(=O)Nc2cc(Cl)cc(OCC)c2OCC)cc(OCC)c1. The number of benzene rings is 2. The summed E-state index contributed by atoms with van der Waals surface area (Å²) in [5.41, 5.74) is 0.645. The number of carbonyl (C=O) groups is 2. The average Bonchev–Trinajstić information content (AvgIpc) is 2.76. The molecule has 2 aromatic carbocycles. The summed E-state index contributed by atoms with van der Waals surface area (Å²) in [7, 11) is 0. The van der Waals surface area contributed by atoms with Crippen LogP contribution in [0.5, 0.6) is 23.0 Å². The third-order valence-corrected chi connectivity index (χ3v) is 4.49. The number of nitrogens with one attached hydrogen (secondary N) is 1. The van der Waals surface area contributed by atoms with Gasteiger partial charge in [0, 0.05) is 29.3 Å². The van der Waals surface area contributed by atoms with Crippen LogP contribution in [0, 0.1) is 0 Å². The smallest absolute Gasteiger partial charge is 0.258 e. The topological polar surface area (TPSA) is 108 Å². The van der Waals surface area contributed by atoms with Crippen molar-refractivity contribution in [2.24, 2.45) is 10.2 Å². The van der Waals surface area contributed by atoms with Crippen molar-refractivity contribution >= 4 is 34.7 Å². The minimum Gasteiger partial charge on any atom is -0.494 e. The predicted molar refractivity (Wildman–Crippen MR) is 130 cm³/mol. The van der Waals surface area contributed by atoms with Crippen molar-refractivity contribution in [2.75, 3.05) is 31.7 Å². The van der Waals surface area contributed by atoms with E-state index in [4.69, 9.17) is 30.5 Å². The Labute approximate surface area is 204 Å². The van der Waals surface area contributed by atoms with Crippen LogP contribution in [-0.4, -0.2) is 44.2 Å². The molecular weight excluding hydrogens is 462 g/mol. The largest absolute Gasteiger partial charge is 0.494 e. The molecule has 1 unspecified atom stereocenters. The maximum atomic E-state index is 13.0. The fourth-order valence-electron chi connectivity index (χ4n) is 2.98. The Morgan fingerprint density at radius 1 is 0.882 bits per heavy atom. The van der Waals surface area contributed by atoms with Gasteiger partial charge >= 0.3 is 0 Å². The molecule has 184 valence electrons. The van der Waals surface area contributed by atoms with Crippen molar-refractivity contribution in [3.05, 3.63) is 35.4 Å². The number of ether oxygens (including phenoxy) is 4. The van der Waals surface area contributed by atoms with Crippen LogP contribution in [0.4, 0.5) is 11.4 Å². The van der Waals surface area contributed by atoms with Crippen LogP contribution < -0.4 is 24.3 Å². The molecule has 0 radical (unpaired) electrons. The van der Waals surface area contributed by atoms with E-state index in [1.165, 1.54) is 13.0 Å². The lowest BCUT2D eigenvalue weighted by molar-refractivity contribution is -0.126. The van der Waals surface area contributed by atoms with Gasteiger partial charge in [0.25, 0.3) is 5.91 Å². The Hall–Kier alpha value is -3.33. The molecule has 0 saturated heterocycles. The average molecular weight is 492 g/mol. The molecule has 1 atom stereocenters. The summed E-state index contributed by atoms with van der Waals surface area (Å²) in [5.74, 6) is 0.589. The molecule has 0 aliphatic heterocycles. The molecule has 0 aliphatic rings. The van der Waals surface area contributed by atoms with Crippen LogP contribution in [0.3, 0.4) is 0 Å². The number of hydrogen-bond donors (Lipinski definition) is 1. The van der Waals surface area contributed by atoms with E-state index >= 15 is 0 Å². The molecule has 9 nitrogen and oxygen atoms in total. The second kappa shape index (κ2) is 13.4. The third-order valence-electron chi connectivity index (χ3n) is 4.27. The second-order valence-electron chi connectivity index (χ2n) is 6.89. The lowest BCUT2D eigenvalue weighted by Crippen LogP contribution is -2.32. The number of anilines is 1. The highest BCUT2D eigenvalue weighted by Crippen LogP contribution is 2.39. The number of amides is 1. The Morgan fingerprint density at radius 2 is 1.47 bits per heavy atom. The first-order valence-electron chi connectivity index (χ1n) is 11.0. The Morgan fingerprint density at radius 3 is 2.00 bits per heavy atom. The summed E-state index contributed by atoms with van der Waals surface area (Å²) in [5, 5.41) is 11.1. The van der Waals surface area contributed by atoms with E-state index in [0.717, 1.165) is 0 Å². The Bertz CT molecular complexity index is 1000. The molecule has 0 spiro atoms. The normalized spacial score (nSPS) is 11.7. The molecular formula is C24H30ClN3O6. The van der Waals surface area contributed by atoms with Crippen molar-refractivity contribution in [1.29, 1.82) is 0 Å². The first-order valence-corrected chi connectivity index (χ1v) is 11.4. The van der Waals surface area contributed by atoms with Crippen molar-refractivity contribution in [1.82, 2.24) is 0 Å². The van der Waals surface area contributed by atoms with Gasteiger partial charge in [-0.05, 0) is 40.7 Å². The van der Waals surface area contributed by atoms with Gasteiger partial charge in [-0.15, -0.1) is 0 Å². The van der Waals surface area contributed by atoms with Gasteiger partial charge in [-0.25, -0.2) is 0 Å². The van der Waals surface area contributed by atoms with Crippen LogP contribution in [0.1, 0.15) is 34.6 Å². The summed E-state index contributed by atoms with van der Waals surface area (Å²) < 4.78 is 22.3. The molecule has 0 fully saturated rings. The quantitative estimate of drug-likeness (QED) is 0.288. The van der Waals surface area contributed by atoms with Gasteiger partial charge in [-0.2, -0.15) is 10.2 Å². The van der Waals surface area contributed by atoms with Crippen molar-refractivity contribution < 1.29 is 28.5 Å². The zero-order valence-corrected chi connectivity index (χ0v) is 20.8. The summed E-state index contributed by atoms with van der Waals surface area (Å²) in [4.78, 5) is 25.2. The van der Waals surface area contributed by atoms with Gasteiger partial charge in [-0.1, -0.05) is 11.6 Å². The molecule has 0 bridgehead atoms. The molecule has 0 aromatic heterocycles. The van der Waals surface area contributed by atoms with E-state index in [0.29, 0.717) is 60.1 Å².